The number of rotatable bonds is 9. The summed E-state index contributed by atoms with van der Waals surface area (Å²) in [7, 11) is -2.57. The average molecular weight is 353 g/mol. The predicted octanol–water partition coefficient (Wildman–Crippen LogP) is 1.99. The smallest absolute Gasteiger partial charge is 0.352 e. The van der Waals surface area contributed by atoms with E-state index in [0.717, 1.165) is 12.8 Å². The fourth-order valence-corrected chi connectivity index (χ4v) is 5.02. The van der Waals surface area contributed by atoms with Crippen LogP contribution in [0, 0.1) is 0 Å². The van der Waals surface area contributed by atoms with Gasteiger partial charge in [-0.2, -0.15) is 0 Å². The van der Waals surface area contributed by atoms with E-state index in [1.165, 1.54) is 0 Å². The molecule has 0 fully saturated rings. The Kier molecular flexibility index (Phi) is 14.1. The van der Waals surface area contributed by atoms with E-state index in [4.69, 9.17) is 24.7 Å². The van der Waals surface area contributed by atoms with Crippen molar-refractivity contribution in [3.8, 4) is 0 Å². The Balaban J connectivity index is 0. The van der Waals surface area contributed by atoms with E-state index in [1.807, 2.05) is 20.4 Å². The highest BCUT2D eigenvalue weighted by Gasteiger charge is 2.37. The van der Waals surface area contributed by atoms with Gasteiger partial charge in [0.25, 0.3) is 0 Å². The first kappa shape index (κ1) is 24.5. The molecule has 0 aromatic rings. The summed E-state index contributed by atoms with van der Waals surface area (Å²) in [6, 6.07) is 0. The maximum absolute atomic E-state index is 5.94. The topological polar surface area (TPSA) is 79.7 Å². The highest BCUT2D eigenvalue weighted by atomic mass is 28.4. The van der Waals surface area contributed by atoms with Crippen LogP contribution >= 0.6 is 0 Å². The zero-order chi connectivity index (χ0) is 17.8. The van der Waals surface area contributed by atoms with Gasteiger partial charge in [-0.15, -0.1) is 0 Å². The van der Waals surface area contributed by atoms with Crippen LogP contribution in [-0.2, 0) is 13.3 Å². The Morgan fingerprint density at radius 2 is 1.41 bits per heavy atom. The molecule has 0 aromatic carbocycles. The van der Waals surface area contributed by atoms with E-state index < -0.39 is 18.3 Å². The van der Waals surface area contributed by atoms with Crippen LogP contribution in [0.1, 0.15) is 61.3 Å². The van der Waals surface area contributed by atoms with Gasteiger partial charge < -0.3 is 24.7 Å². The van der Waals surface area contributed by atoms with E-state index in [0.29, 0.717) is 18.9 Å². The summed E-state index contributed by atoms with van der Waals surface area (Å²) < 4.78 is 16.8. The van der Waals surface area contributed by atoms with Crippen LogP contribution < -0.4 is 11.5 Å². The van der Waals surface area contributed by atoms with Crippen LogP contribution in [0.25, 0.3) is 0 Å². The summed E-state index contributed by atoms with van der Waals surface area (Å²) in [5, 5.41) is 0. The molecule has 0 rings (SSSR count). The minimum absolute atomic E-state index is 0.0129. The van der Waals surface area contributed by atoms with Crippen LogP contribution in [-0.4, -0.2) is 48.5 Å². The molecule has 2 unspecified atom stereocenters. The molecule has 2 atom stereocenters. The molecular formula is C15H40N2O3Si2. The molecule has 0 aromatic heterocycles. The van der Waals surface area contributed by atoms with Crippen LogP contribution in [0.5, 0.6) is 0 Å². The molecule has 0 aliphatic carbocycles. The van der Waals surface area contributed by atoms with Gasteiger partial charge in [0.15, 0.2) is 9.76 Å². The lowest BCUT2D eigenvalue weighted by molar-refractivity contribution is 0.135. The van der Waals surface area contributed by atoms with Gasteiger partial charge in [-0.1, -0.05) is 13.8 Å². The molecule has 0 saturated heterocycles. The molecule has 0 bridgehead atoms. The first-order valence-electron chi connectivity index (χ1n) is 8.49. The molecule has 0 radical (unpaired) electrons. The summed E-state index contributed by atoms with van der Waals surface area (Å²) >= 11 is 0. The fraction of sp³-hybridized carbons (Fsp3) is 1.00. The van der Waals surface area contributed by atoms with E-state index in [9.17, 15) is 0 Å². The van der Waals surface area contributed by atoms with Gasteiger partial charge in [0, 0.05) is 30.1 Å². The molecule has 0 aliphatic rings. The van der Waals surface area contributed by atoms with Gasteiger partial charge in [0.05, 0.1) is 0 Å². The second-order valence-electron chi connectivity index (χ2n) is 6.49. The van der Waals surface area contributed by atoms with Crippen LogP contribution in [0.3, 0.4) is 0 Å². The molecule has 136 valence electrons. The molecule has 0 saturated carbocycles. The molecule has 0 spiro atoms. The van der Waals surface area contributed by atoms with Gasteiger partial charge in [-0.25, -0.2) is 0 Å². The second-order valence-corrected chi connectivity index (χ2v) is 11.5. The number of nitrogens with two attached hydrogens (primary N) is 2. The number of hydrogen-bond donors (Lipinski definition) is 2. The average Bonchev–Trinajstić information content (AvgIpc) is 2.44. The van der Waals surface area contributed by atoms with Crippen molar-refractivity contribution in [1.82, 2.24) is 0 Å². The minimum Gasteiger partial charge on any atom is -0.418 e. The lowest BCUT2D eigenvalue weighted by Gasteiger charge is -2.30. The monoisotopic (exact) mass is 352 g/mol. The quantitative estimate of drug-likeness (QED) is 0.620. The summed E-state index contributed by atoms with van der Waals surface area (Å²) in [5.41, 5.74) is 12.1. The van der Waals surface area contributed by atoms with Gasteiger partial charge in [0.1, 0.15) is 0 Å². The SMILES string of the molecule is CCC(N)[SiH2]OC(C)(C)C.CCO[Si](C)(OCC)C(N)CC. The summed E-state index contributed by atoms with van der Waals surface area (Å²) in [4.78, 5) is 0. The largest absolute Gasteiger partial charge is 0.418 e. The first-order valence-corrected chi connectivity index (χ1v) is 12.3. The van der Waals surface area contributed by atoms with Gasteiger partial charge in [0.2, 0.25) is 0 Å². The molecule has 0 amide bonds. The maximum atomic E-state index is 5.94. The van der Waals surface area contributed by atoms with Crippen molar-refractivity contribution in [1.29, 1.82) is 0 Å². The zero-order valence-corrected chi connectivity index (χ0v) is 18.5. The summed E-state index contributed by atoms with van der Waals surface area (Å²) in [6.45, 7) is 17.8. The van der Waals surface area contributed by atoms with Gasteiger partial charge >= 0.3 is 8.56 Å². The standard InChI is InChI=1S/C8H21NO2Si.C7H19NOSi/c1-5-8(9)12(4,10-6-2)11-7-3;1-5-6(8)10-9-7(2,3)4/h8H,5-7,9H2,1-4H3;6H,5,8,10H2,1-4H3. The van der Waals surface area contributed by atoms with E-state index in [-0.39, 0.29) is 11.3 Å². The third-order valence-electron chi connectivity index (χ3n) is 3.23. The maximum Gasteiger partial charge on any atom is 0.352 e. The van der Waals surface area contributed by atoms with E-state index >= 15 is 0 Å². The number of hydrogen-bond acceptors (Lipinski definition) is 5. The fourth-order valence-electron chi connectivity index (χ4n) is 1.67. The van der Waals surface area contributed by atoms with Crippen molar-refractivity contribution in [3.63, 3.8) is 0 Å². The molecule has 4 N–H and O–H groups in total. The Hall–Kier alpha value is 0.234. The van der Waals surface area contributed by atoms with Crippen molar-refractivity contribution >= 4 is 18.3 Å². The molecule has 7 heteroatoms. The Morgan fingerprint density at radius 3 is 1.68 bits per heavy atom. The van der Waals surface area contributed by atoms with Crippen molar-refractivity contribution < 1.29 is 13.3 Å². The van der Waals surface area contributed by atoms with Crippen LogP contribution in [0.15, 0.2) is 0 Å². The Bertz CT molecular complexity index is 258. The Morgan fingerprint density at radius 1 is 0.955 bits per heavy atom. The lowest BCUT2D eigenvalue weighted by atomic mass is 10.2. The molecule has 5 nitrogen and oxygen atoms in total. The van der Waals surface area contributed by atoms with Gasteiger partial charge in [-0.05, 0) is 54.0 Å². The van der Waals surface area contributed by atoms with Crippen LogP contribution in [0.2, 0.25) is 6.55 Å². The van der Waals surface area contributed by atoms with Crippen molar-refractivity contribution in [3.05, 3.63) is 0 Å². The van der Waals surface area contributed by atoms with Crippen LogP contribution in [0.4, 0.5) is 0 Å². The summed E-state index contributed by atoms with van der Waals surface area (Å²) in [6.07, 6.45) is 1.96. The molecular weight excluding hydrogens is 312 g/mol. The van der Waals surface area contributed by atoms with E-state index in [1.54, 1.807) is 0 Å². The van der Waals surface area contributed by atoms with Gasteiger partial charge in [-0.3, -0.25) is 0 Å². The predicted molar refractivity (Wildman–Crippen MR) is 101 cm³/mol. The minimum atomic E-state index is -2.08. The van der Waals surface area contributed by atoms with Crippen molar-refractivity contribution in [2.75, 3.05) is 13.2 Å². The molecule has 0 heterocycles. The summed E-state index contributed by atoms with van der Waals surface area (Å²) in [5.74, 6) is 0. The van der Waals surface area contributed by atoms with E-state index in [2.05, 4.69) is 34.6 Å². The lowest BCUT2D eigenvalue weighted by Crippen LogP contribution is -2.55. The zero-order valence-electron chi connectivity index (χ0n) is 16.1. The molecule has 0 aliphatic heterocycles. The third-order valence-corrected chi connectivity index (χ3v) is 8.75. The highest BCUT2D eigenvalue weighted by Crippen LogP contribution is 2.13. The molecule has 22 heavy (non-hydrogen) atoms. The van der Waals surface area contributed by atoms with Crippen molar-refractivity contribution in [2.45, 2.75) is 84.8 Å². The second kappa shape index (κ2) is 12.6. The third kappa shape index (κ3) is 12.7. The normalized spacial score (nSPS) is 15.5. The highest BCUT2D eigenvalue weighted by molar-refractivity contribution is 6.67. The first-order chi connectivity index (χ1) is 10.1. The Labute approximate surface area is 141 Å². The van der Waals surface area contributed by atoms with Crippen molar-refractivity contribution in [2.24, 2.45) is 11.5 Å².